The van der Waals surface area contributed by atoms with Crippen LogP contribution in [0.3, 0.4) is 0 Å². The van der Waals surface area contributed by atoms with E-state index in [9.17, 15) is 4.79 Å². The van der Waals surface area contributed by atoms with Gasteiger partial charge < -0.3 is 9.88 Å². The Labute approximate surface area is 153 Å². The minimum absolute atomic E-state index is 0.0829. The number of aryl methyl sites for hydroxylation is 1. The van der Waals surface area contributed by atoms with E-state index in [1.54, 1.807) is 4.90 Å². The van der Waals surface area contributed by atoms with E-state index in [-0.39, 0.29) is 5.91 Å². The fraction of sp³-hybridized carbons (Fsp3) is 0.222. The number of aromatic amines is 1. The summed E-state index contributed by atoms with van der Waals surface area (Å²) in [6.45, 7) is 2.65. The normalized spacial score (nSPS) is 11.0. The second-order valence-electron chi connectivity index (χ2n) is 5.73. The van der Waals surface area contributed by atoms with E-state index in [1.165, 1.54) is 17.3 Å². The molecule has 4 nitrogen and oxygen atoms in total. The van der Waals surface area contributed by atoms with Gasteiger partial charge in [0, 0.05) is 18.1 Å². The van der Waals surface area contributed by atoms with Gasteiger partial charge in [0.2, 0.25) is 5.91 Å². The second kappa shape index (κ2) is 7.40. The van der Waals surface area contributed by atoms with E-state index in [1.807, 2.05) is 50.4 Å². The maximum atomic E-state index is 12.3. The number of halogens is 1. The van der Waals surface area contributed by atoms with E-state index in [2.05, 4.69) is 32.0 Å². The summed E-state index contributed by atoms with van der Waals surface area (Å²) in [6, 6.07) is 14.1. The fourth-order valence-electron chi connectivity index (χ4n) is 2.36. The minimum atomic E-state index is 0.0829. The van der Waals surface area contributed by atoms with Crippen LogP contribution in [0.4, 0.5) is 0 Å². The number of aromatic nitrogens is 2. The Balaban J connectivity index is 1.58. The van der Waals surface area contributed by atoms with Gasteiger partial charge in [0.05, 0.1) is 16.8 Å². The topological polar surface area (TPSA) is 49.0 Å². The van der Waals surface area contributed by atoms with Gasteiger partial charge in [0.25, 0.3) is 0 Å². The largest absolute Gasteiger partial charge is 0.341 e. The fourth-order valence-corrected chi connectivity index (χ4v) is 3.45. The predicted molar refractivity (Wildman–Crippen MR) is 102 cm³/mol. The van der Waals surface area contributed by atoms with Crippen LogP contribution in [0, 0.1) is 6.92 Å². The molecule has 1 aromatic heterocycles. The monoisotopic (exact) mass is 403 g/mol. The molecular formula is C18H18BrN3OS. The Morgan fingerprint density at radius 1 is 1.25 bits per heavy atom. The van der Waals surface area contributed by atoms with Gasteiger partial charge in [-0.05, 0) is 42.3 Å². The smallest absolute Gasteiger partial charge is 0.233 e. The zero-order chi connectivity index (χ0) is 17.1. The third-order valence-electron chi connectivity index (χ3n) is 3.71. The van der Waals surface area contributed by atoms with E-state index in [0.29, 0.717) is 12.3 Å². The number of carbonyl (C=O) groups excluding carboxylic acids is 1. The van der Waals surface area contributed by atoms with Gasteiger partial charge in [0.1, 0.15) is 0 Å². The molecule has 0 spiro atoms. The summed E-state index contributed by atoms with van der Waals surface area (Å²) in [7, 11) is 1.83. The summed E-state index contributed by atoms with van der Waals surface area (Å²) in [4.78, 5) is 21.8. The highest BCUT2D eigenvalue weighted by molar-refractivity contribution is 9.10. The lowest BCUT2D eigenvalue weighted by atomic mass is 10.2. The molecule has 124 valence electrons. The van der Waals surface area contributed by atoms with Crippen molar-refractivity contribution in [3.8, 4) is 0 Å². The molecule has 0 saturated carbocycles. The van der Waals surface area contributed by atoms with Crippen molar-refractivity contribution in [3.05, 3.63) is 58.1 Å². The van der Waals surface area contributed by atoms with Crippen molar-refractivity contribution in [3.63, 3.8) is 0 Å². The van der Waals surface area contributed by atoms with Crippen LogP contribution in [0.5, 0.6) is 0 Å². The summed E-state index contributed by atoms with van der Waals surface area (Å²) in [5.41, 5.74) is 4.23. The van der Waals surface area contributed by atoms with Gasteiger partial charge in [-0.15, -0.1) is 0 Å². The molecule has 6 heteroatoms. The number of rotatable bonds is 5. The first kappa shape index (κ1) is 17.0. The number of thioether (sulfide) groups is 1. The highest BCUT2D eigenvalue weighted by Gasteiger charge is 2.12. The third kappa shape index (κ3) is 4.19. The summed E-state index contributed by atoms with van der Waals surface area (Å²) in [6.07, 6.45) is 0. The molecule has 1 N–H and O–H groups in total. The van der Waals surface area contributed by atoms with Crippen LogP contribution >= 0.6 is 27.7 Å². The number of imidazole rings is 1. The maximum Gasteiger partial charge on any atom is 0.233 e. The Morgan fingerprint density at radius 3 is 2.75 bits per heavy atom. The molecule has 24 heavy (non-hydrogen) atoms. The molecule has 0 unspecified atom stereocenters. The van der Waals surface area contributed by atoms with Crippen LogP contribution in [0.1, 0.15) is 11.1 Å². The van der Waals surface area contributed by atoms with Crippen LogP contribution in [0.25, 0.3) is 11.0 Å². The van der Waals surface area contributed by atoms with Crippen molar-refractivity contribution in [2.24, 2.45) is 0 Å². The Kier molecular flexibility index (Phi) is 5.26. The van der Waals surface area contributed by atoms with Crippen LogP contribution < -0.4 is 0 Å². The van der Waals surface area contributed by atoms with Crippen molar-refractivity contribution in [2.45, 2.75) is 18.6 Å². The van der Waals surface area contributed by atoms with Gasteiger partial charge in [-0.3, -0.25) is 4.79 Å². The predicted octanol–water partition coefficient (Wildman–Crippen LogP) is 4.38. The van der Waals surface area contributed by atoms with Crippen molar-refractivity contribution in [1.29, 1.82) is 0 Å². The summed E-state index contributed by atoms with van der Waals surface area (Å²) >= 11 is 4.85. The van der Waals surface area contributed by atoms with Gasteiger partial charge in [-0.2, -0.15) is 0 Å². The molecule has 0 radical (unpaired) electrons. The molecule has 0 atom stereocenters. The molecule has 2 aromatic carbocycles. The average Bonchev–Trinajstić information content (AvgIpc) is 2.96. The molecule has 0 fully saturated rings. The van der Waals surface area contributed by atoms with E-state index < -0.39 is 0 Å². The van der Waals surface area contributed by atoms with Gasteiger partial charge in [-0.25, -0.2) is 4.98 Å². The van der Waals surface area contributed by atoms with Crippen molar-refractivity contribution >= 4 is 44.6 Å². The number of H-pyrrole nitrogens is 1. The first-order valence-corrected chi connectivity index (χ1v) is 9.37. The molecule has 0 aliphatic carbocycles. The number of hydrogen-bond acceptors (Lipinski definition) is 3. The van der Waals surface area contributed by atoms with Gasteiger partial charge in [0.15, 0.2) is 5.16 Å². The second-order valence-corrected chi connectivity index (χ2v) is 7.61. The standard InChI is InChI=1S/C18H18BrN3OS/c1-12-3-8-15-16(9-12)21-18(20-15)24-11-17(23)22(2)10-13-4-6-14(19)7-5-13/h3-9H,10-11H2,1-2H3,(H,20,21). The molecule has 0 aliphatic heterocycles. The highest BCUT2D eigenvalue weighted by atomic mass is 79.9. The molecule has 1 amide bonds. The molecule has 0 bridgehead atoms. The number of fused-ring (bicyclic) bond motifs is 1. The third-order valence-corrected chi connectivity index (χ3v) is 5.09. The van der Waals surface area contributed by atoms with Crippen molar-refractivity contribution < 1.29 is 4.79 Å². The summed E-state index contributed by atoms with van der Waals surface area (Å²) in [5, 5.41) is 0.779. The first-order valence-electron chi connectivity index (χ1n) is 7.59. The molecular weight excluding hydrogens is 386 g/mol. The number of hydrogen-bond donors (Lipinski definition) is 1. The van der Waals surface area contributed by atoms with Gasteiger partial charge in [-0.1, -0.05) is 45.9 Å². The van der Waals surface area contributed by atoms with E-state index >= 15 is 0 Å². The number of carbonyl (C=O) groups is 1. The van der Waals surface area contributed by atoms with Crippen LogP contribution in [-0.2, 0) is 11.3 Å². The lowest BCUT2D eigenvalue weighted by molar-refractivity contribution is -0.127. The molecule has 1 heterocycles. The minimum Gasteiger partial charge on any atom is -0.341 e. The molecule has 0 saturated heterocycles. The lowest BCUT2D eigenvalue weighted by Crippen LogP contribution is -2.27. The Hall–Kier alpha value is -1.79. The van der Waals surface area contributed by atoms with E-state index in [4.69, 9.17) is 0 Å². The number of nitrogens with zero attached hydrogens (tertiary/aromatic N) is 2. The quantitative estimate of drug-likeness (QED) is 0.642. The first-order chi connectivity index (χ1) is 11.5. The molecule has 3 rings (SSSR count). The lowest BCUT2D eigenvalue weighted by Gasteiger charge is -2.16. The van der Waals surface area contributed by atoms with Crippen molar-refractivity contribution in [2.75, 3.05) is 12.8 Å². The molecule has 0 aliphatic rings. The van der Waals surface area contributed by atoms with Gasteiger partial charge >= 0.3 is 0 Å². The summed E-state index contributed by atoms with van der Waals surface area (Å²) < 4.78 is 1.04. The SMILES string of the molecule is Cc1ccc2nc(SCC(=O)N(C)Cc3ccc(Br)cc3)[nH]c2c1. The van der Waals surface area contributed by atoms with Crippen LogP contribution in [-0.4, -0.2) is 33.6 Å². The molecule has 3 aromatic rings. The number of benzene rings is 2. The zero-order valence-corrected chi connectivity index (χ0v) is 15.9. The number of amides is 1. The van der Waals surface area contributed by atoms with Crippen molar-refractivity contribution in [1.82, 2.24) is 14.9 Å². The Bertz CT molecular complexity index is 860. The van der Waals surface area contributed by atoms with Crippen LogP contribution in [0.2, 0.25) is 0 Å². The van der Waals surface area contributed by atoms with E-state index in [0.717, 1.165) is 26.2 Å². The highest BCUT2D eigenvalue weighted by Crippen LogP contribution is 2.21. The average molecular weight is 404 g/mol. The number of nitrogens with one attached hydrogen (secondary N) is 1. The Morgan fingerprint density at radius 2 is 2.00 bits per heavy atom. The van der Waals surface area contributed by atoms with Crippen LogP contribution in [0.15, 0.2) is 52.1 Å². The zero-order valence-electron chi connectivity index (χ0n) is 13.5. The summed E-state index contributed by atoms with van der Waals surface area (Å²) in [5.74, 6) is 0.450. The maximum absolute atomic E-state index is 12.3.